The zero-order valence-corrected chi connectivity index (χ0v) is 16.8. The van der Waals surface area contributed by atoms with Crippen molar-refractivity contribution in [3.63, 3.8) is 0 Å². The molecule has 1 saturated heterocycles. The number of nitrogens with one attached hydrogen (secondary N) is 1. The zero-order chi connectivity index (χ0) is 18.9. The molecule has 0 bridgehead atoms. The Bertz CT molecular complexity index is 876. The summed E-state index contributed by atoms with van der Waals surface area (Å²) in [6, 6.07) is 16.2. The number of likely N-dealkylation sites (tertiary alicyclic amines) is 1. The average molecular weight is 427 g/mol. The highest BCUT2D eigenvalue weighted by Gasteiger charge is 2.51. The summed E-state index contributed by atoms with van der Waals surface area (Å²) in [6.07, 6.45) is 3.40. The molecule has 0 unspecified atom stereocenters. The summed E-state index contributed by atoms with van der Waals surface area (Å²) in [7, 11) is 0. The molecule has 1 saturated carbocycles. The van der Waals surface area contributed by atoms with Gasteiger partial charge in [0.15, 0.2) is 0 Å². The Hall–Kier alpha value is -2.14. The Morgan fingerprint density at radius 3 is 2.59 bits per heavy atom. The molecule has 2 aromatic rings. The van der Waals surface area contributed by atoms with Crippen molar-refractivity contribution < 1.29 is 9.59 Å². The van der Waals surface area contributed by atoms with Crippen molar-refractivity contribution in [2.24, 2.45) is 0 Å². The average Bonchev–Trinajstić information content (AvgIpc) is 3.39. The maximum absolute atomic E-state index is 12.8. The Morgan fingerprint density at radius 2 is 1.89 bits per heavy atom. The molecule has 2 aromatic carbocycles. The Labute approximate surface area is 168 Å². The molecule has 2 amide bonds. The minimum Gasteiger partial charge on any atom is -0.351 e. The number of carbonyl (C=O) groups is 2. The van der Waals surface area contributed by atoms with Crippen molar-refractivity contribution >= 4 is 27.7 Å². The van der Waals surface area contributed by atoms with E-state index in [1.807, 2.05) is 47.4 Å². The highest BCUT2D eigenvalue weighted by Crippen LogP contribution is 2.48. The molecule has 1 heterocycles. The molecule has 1 aliphatic heterocycles. The SMILES string of the molecule is O=C1CCCN1Cc1cccc(CNC(=O)C2(c3cccc(Br)c3)CC2)c1. The fraction of sp³-hybridized carbons (Fsp3) is 0.364. The number of nitrogens with zero attached hydrogens (tertiary/aromatic N) is 1. The van der Waals surface area contributed by atoms with Gasteiger partial charge in [0, 0.05) is 30.5 Å². The lowest BCUT2D eigenvalue weighted by Gasteiger charge is -2.18. The predicted octanol–water partition coefficient (Wildman–Crippen LogP) is 3.92. The van der Waals surface area contributed by atoms with E-state index in [2.05, 4.69) is 27.3 Å². The van der Waals surface area contributed by atoms with Crippen LogP contribution in [0.25, 0.3) is 0 Å². The van der Waals surface area contributed by atoms with E-state index in [0.29, 0.717) is 19.5 Å². The molecule has 5 heteroatoms. The number of rotatable bonds is 6. The number of benzene rings is 2. The molecule has 1 N–H and O–H groups in total. The quantitative estimate of drug-likeness (QED) is 0.760. The van der Waals surface area contributed by atoms with Gasteiger partial charge >= 0.3 is 0 Å². The van der Waals surface area contributed by atoms with Crippen LogP contribution in [0.1, 0.15) is 42.4 Å². The third-order valence-electron chi connectivity index (χ3n) is 5.55. The molecule has 140 valence electrons. The smallest absolute Gasteiger partial charge is 0.230 e. The third kappa shape index (κ3) is 3.93. The van der Waals surface area contributed by atoms with E-state index < -0.39 is 0 Å². The predicted molar refractivity (Wildman–Crippen MR) is 108 cm³/mol. The minimum atomic E-state index is -0.372. The highest BCUT2D eigenvalue weighted by molar-refractivity contribution is 9.10. The first-order chi connectivity index (χ1) is 13.1. The summed E-state index contributed by atoms with van der Waals surface area (Å²) in [5, 5.41) is 3.11. The van der Waals surface area contributed by atoms with Gasteiger partial charge in [0.1, 0.15) is 0 Å². The van der Waals surface area contributed by atoms with Crippen LogP contribution >= 0.6 is 15.9 Å². The van der Waals surface area contributed by atoms with Crippen molar-refractivity contribution in [1.29, 1.82) is 0 Å². The maximum atomic E-state index is 12.8. The fourth-order valence-electron chi connectivity index (χ4n) is 3.84. The molecule has 2 aliphatic rings. The van der Waals surface area contributed by atoms with Gasteiger partial charge in [0.25, 0.3) is 0 Å². The highest BCUT2D eigenvalue weighted by atomic mass is 79.9. The van der Waals surface area contributed by atoms with Crippen LogP contribution in [0.2, 0.25) is 0 Å². The summed E-state index contributed by atoms with van der Waals surface area (Å²) < 4.78 is 1.00. The topological polar surface area (TPSA) is 49.4 Å². The molecule has 0 atom stereocenters. The first-order valence-electron chi connectivity index (χ1n) is 9.47. The van der Waals surface area contributed by atoms with Gasteiger partial charge in [-0.3, -0.25) is 9.59 Å². The molecular formula is C22H23BrN2O2. The number of hydrogen-bond acceptors (Lipinski definition) is 2. The van der Waals surface area contributed by atoms with Gasteiger partial charge in [-0.05, 0) is 48.1 Å². The molecule has 1 aliphatic carbocycles. The fourth-order valence-corrected chi connectivity index (χ4v) is 4.24. The van der Waals surface area contributed by atoms with Crippen LogP contribution in [-0.4, -0.2) is 23.3 Å². The Balaban J connectivity index is 1.39. The van der Waals surface area contributed by atoms with Crippen molar-refractivity contribution in [2.45, 2.75) is 44.2 Å². The maximum Gasteiger partial charge on any atom is 0.230 e. The number of hydrogen-bond donors (Lipinski definition) is 1. The van der Waals surface area contributed by atoms with Crippen molar-refractivity contribution in [2.75, 3.05) is 6.54 Å². The van der Waals surface area contributed by atoms with Gasteiger partial charge < -0.3 is 10.2 Å². The standard InChI is InChI=1S/C22H23BrN2O2/c23-19-7-2-6-18(13-19)22(9-10-22)21(27)24-14-16-4-1-5-17(12-16)15-25-11-3-8-20(25)26/h1-2,4-7,12-13H,3,8-11,14-15H2,(H,24,27). The molecule has 0 aromatic heterocycles. The molecular weight excluding hydrogens is 404 g/mol. The summed E-state index contributed by atoms with van der Waals surface area (Å²) in [4.78, 5) is 26.6. The van der Waals surface area contributed by atoms with Gasteiger partial charge in [-0.15, -0.1) is 0 Å². The van der Waals surface area contributed by atoms with Gasteiger partial charge in [-0.25, -0.2) is 0 Å². The van der Waals surface area contributed by atoms with Crippen LogP contribution in [0.4, 0.5) is 0 Å². The first kappa shape index (κ1) is 18.2. The monoisotopic (exact) mass is 426 g/mol. The van der Waals surface area contributed by atoms with Gasteiger partial charge in [-0.1, -0.05) is 52.3 Å². The van der Waals surface area contributed by atoms with Crippen LogP contribution in [0.5, 0.6) is 0 Å². The summed E-state index contributed by atoms with van der Waals surface area (Å²) in [5.74, 6) is 0.333. The van der Waals surface area contributed by atoms with Crippen molar-refractivity contribution in [3.05, 3.63) is 69.7 Å². The van der Waals surface area contributed by atoms with E-state index in [1.54, 1.807) is 0 Å². The van der Waals surface area contributed by atoms with E-state index in [1.165, 1.54) is 0 Å². The van der Waals surface area contributed by atoms with E-state index in [9.17, 15) is 9.59 Å². The van der Waals surface area contributed by atoms with Gasteiger partial charge in [-0.2, -0.15) is 0 Å². The second-order valence-electron chi connectivity index (χ2n) is 7.51. The molecule has 0 radical (unpaired) electrons. The lowest BCUT2D eigenvalue weighted by Crippen LogP contribution is -2.34. The van der Waals surface area contributed by atoms with Crippen molar-refractivity contribution in [3.8, 4) is 0 Å². The summed E-state index contributed by atoms with van der Waals surface area (Å²) in [5.41, 5.74) is 2.89. The van der Waals surface area contributed by atoms with Crippen LogP contribution in [0.3, 0.4) is 0 Å². The number of halogens is 1. The van der Waals surface area contributed by atoms with Crippen LogP contribution in [0, 0.1) is 0 Å². The van der Waals surface area contributed by atoms with E-state index in [-0.39, 0.29) is 17.2 Å². The third-order valence-corrected chi connectivity index (χ3v) is 6.04. The molecule has 27 heavy (non-hydrogen) atoms. The van der Waals surface area contributed by atoms with E-state index >= 15 is 0 Å². The van der Waals surface area contributed by atoms with Crippen molar-refractivity contribution in [1.82, 2.24) is 10.2 Å². The van der Waals surface area contributed by atoms with Gasteiger partial charge in [0.05, 0.1) is 5.41 Å². The largest absolute Gasteiger partial charge is 0.351 e. The second kappa shape index (κ2) is 7.47. The molecule has 4 rings (SSSR count). The normalized spacial score (nSPS) is 17.8. The van der Waals surface area contributed by atoms with Crippen LogP contribution < -0.4 is 5.32 Å². The lowest BCUT2D eigenvalue weighted by molar-refractivity contribution is -0.128. The first-order valence-corrected chi connectivity index (χ1v) is 10.3. The number of amides is 2. The molecule has 4 nitrogen and oxygen atoms in total. The molecule has 0 spiro atoms. The van der Waals surface area contributed by atoms with E-state index in [0.717, 1.165) is 47.0 Å². The minimum absolute atomic E-state index is 0.0979. The van der Waals surface area contributed by atoms with E-state index in [4.69, 9.17) is 0 Å². The van der Waals surface area contributed by atoms with Crippen LogP contribution in [0.15, 0.2) is 53.0 Å². The number of carbonyl (C=O) groups excluding carboxylic acids is 2. The Morgan fingerprint density at radius 1 is 1.11 bits per heavy atom. The Kier molecular flexibility index (Phi) is 5.04. The summed E-state index contributed by atoms with van der Waals surface area (Å²) >= 11 is 3.50. The second-order valence-corrected chi connectivity index (χ2v) is 8.43. The summed E-state index contributed by atoms with van der Waals surface area (Å²) in [6.45, 7) is 2.01. The zero-order valence-electron chi connectivity index (χ0n) is 15.2. The lowest BCUT2D eigenvalue weighted by atomic mass is 9.95. The molecule has 2 fully saturated rings. The van der Waals surface area contributed by atoms with Crippen LogP contribution in [-0.2, 0) is 28.1 Å². The van der Waals surface area contributed by atoms with Gasteiger partial charge in [0.2, 0.25) is 11.8 Å².